The van der Waals surface area contributed by atoms with Crippen LogP contribution in [-0.2, 0) is 19.2 Å². The van der Waals surface area contributed by atoms with Crippen LogP contribution < -0.4 is 5.32 Å². The van der Waals surface area contributed by atoms with Gasteiger partial charge in [0.15, 0.2) is 5.78 Å². The number of hydrogen-bond acceptors (Lipinski definition) is 4. The molecular formula is C24H31NO4. The quantitative estimate of drug-likeness (QED) is 0.440. The summed E-state index contributed by atoms with van der Waals surface area (Å²) in [5.74, 6) is -1.97. The summed E-state index contributed by atoms with van der Waals surface area (Å²) in [6.45, 7) is 10.3. The number of Topliss-reactive ketones (excluding diaryl/α,β-unsaturated/α-hetero) is 1. The zero-order chi connectivity index (χ0) is 21.5. The maximum Gasteiger partial charge on any atom is 0.235 e. The van der Waals surface area contributed by atoms with Crippen molar-refractivity contribution in [3.8, 4) is 0 Å². The summed E-state index contributed by atoms with van der Waals surface area (Å²) in [7, 11) is 0. The fourth-order valence-electron chi connectivity index (χ4n) is 5.35. The molecule has 1 amide bonds. The first-order chi connectivity index (χ1) is 13.6. The molecule has 0 saturated carbocycles. The summed E-state index contributed by atoms with van der Waals surface area (Å²) in [6, 6.07) is -0.0998. The summed E-state index contributed by atoms with van der Waals surface area (Å²) < 4.78 is 0. The number of nitrogens with one attached hydrogen (secondary N) is 1. The van der Waals surface area contributed by atoms with Gasteiger partial charge in [0, 0.05) is 24.3 Å². The number of amides is 1. The SMILES string of the molecule is CC1=C[C@@H]2/C=C(\C)CCC(=O)C(=O)/C=C/C(=O)[C@]23C(=O)N[C@@H](CC(C)C)[C@@H]3[C@@H]1C. The van der Waals surface area contributed by atoms with Crippen LogP contribution in [0.25, 0.3) is 0 Å². The molecule has 5 nitrogen and oxygen atoms in total. The molecule has 2 aliphatic carbocycles. The van der Waals surface area contributed by atoms with Crippen molar-refractivity contribution in [3.05, 3.63) is 35.5 Å². The molecule has 3 aliphatic rings. The lowest BCUT2D eigenvalue weighted by Gasteiger charge is -2.44. The van der Waals surface area contributed by atoms with Gasteiger partial charge in [-0.05, 0) is 50.7 Å². The Hall–Kier alpha value is -2.30. The van der Waals surface area contributed by atoms with Crippen LogP contribution in [0.2, 0.25) is 0 Å². The van der Waals surface area contributed by atoms with E-state index in [2.05, 4.69) is 33.0 Å². The number of rotatable bonds is 2. The van der Waals surface area contributed by atoms with E-state index in [-0.39, 0.29) is 41.9 Å². The van der Waals surface area contributed by atoms with E-state index in [1.165, 1.54) is 11.6 Å². The van der Waals surface area contributed by atoms with Crippen LogP contribution in [0.3, 0.4) is 0 Å². The Balaban J connectivity index is 2.23. The third kappa shape index (κ3) is 3.56. The monoisotopic (exact) mass is 397 g/mol. The standard InChI is InChI=1S/C24H31NO4/c1-13(2)10-18-22-16(5)15(4)12-17-11-14(3)6-7-19(26)20(27)8-9-21(28)24(17,22)23(29)25-18/h8-9,11-13,16-18,22H,6-7,10H2,1-5H3,(H,25,29)/b9-8+,14-11+/t16-,17+,18+,22+,24-/m1/s1. The van der Waals surface area contributed by atoms with E-state index in [0.717, 1.165) is 18.1 Å². The molecule has 1 fully saturated rings. The molecule has 0 bridgehead atoms. The van der Waals surface area contributed by atoms with Crippen LogP contribution in [0, 0.1) is 29.1 Å². The van der Waals surface area contributed by atoms with Gasteiger partial charge < -0.3 is 5.32 Å². The van der Waals surface area contributed by atoms with Crippen molar-refractivity contribution in [2.45, 2.75) is 59.9 Å². The fourth-order valence-corrected chi connectivity index (χ4v) is 5.35. The van der Waals surface area contributed by atoms with Crippen molar-refractivity contribution in [2.24, 2.45) is 29.1 Å². The summed E-state index contributed by atoms with van der Waals surface area (Å²) >= 11 is 0. The van der Waals surface area contributed by atoms with Gasteiger partial charge in [-0.2, -0.15) is 0 Å². The number of carbonyl (C=O) groups is 4. The van der Waals surface area contributed by atoms with Crippen LogP contribution in [0.5, 0.6) is 0 Å². The van der Waals surface area contributed by atoms with Gasteiger partial charge in [0.25, 0.3) is 0 Å². The summed E-state index contributed by atoms with van der Waals surface area (Å²) in [5.41, 5.74) is 0.815. The highest BCUT2D eigenvalue weighted by Crippen LogP contribution is 2.55. The average Bonchev–Trinajstić information content (AvgIpc) is 2.93. The van der Waals surface area contributed by atoms with Gasteiger partial charge in [0.05, 0.1) is 0 Å². The minimum Gasteiger partial charge on any atom is -0.352 e. The van der Waals surface area contributed by atoms with E-state index in [0.29, 0.717) is 12.3 Å². The molecule has 0 radical (unpaired) electrons. The first-order valence-corrected chi connectivity index (χ1v) is 10.5. The maximum atomic E-state index is 13.6. The Morgan fingerprint density at radius 2 is 1.76 bits per heavy atom. The second-order valence-electron chi connectivity index (χ2n) is 9.33. The number of ketones is 3. The Morgan fingerprint density at radius 1 is 1.07 bits per heavy atom. The van der Waals surface area contributed by atoms with Crippen molar-refractivity contribution in [3.63, 3.8) is 0 Å². The van der Waals surface area contributed by atoms with E-state index in [1.807, 2.05) is 19.1 Å². The van der Waals surface area contributed by atoms with E-state index >= 15 is 0 Å². The molecule has 3 rings (SSSR count). The van der Waals surface area contributed by atoms with Crippen molar-refractivity contribution < 1.29 is 19.2 Å². The number of carbonyl (C=O) groups excluding carboxylic acids is 4. The summed E-state index contributed by atoms with van der Waals surface area (Å²) in [6.07, 6.45) is 7.59. The van der Waals surface area contributed by atoms with Crippen LogP contribution in [0.4, 0.5) is 0 Å². The lowest BCUT2D eigenvalue weighted by atomic mass is 9.55. The van der Waals surface area contributed by atoms with Crippen LogP contribution in [-0.4, -0.2) is 29.3 Å². The second kappa shape index (κ2) is 7.85. The summed E-state index contributed by atoms with van der Waals surface area (Å²) in [4.78, 5) is 51.2. The molecule has 0 aromatic heterocycles. The Labute approximate surface area is 172 Å². The van der Waals surface area contributed by atoms with E-state index in [4.69, 9.17) is 0 Å². The molecule has 0 aromatic carbocycles. The van der Waals surface area contributed by atoms with Crippen LogP contribution in [0.15, 0.2) is 35.5 Å². The second-order valence-corrected chi connectivity index (χ2v) is 9.33. The predicted octanol–water partition coefficient (Wildman–Crippen LogP) is 3.35. The smallest absolute Gasteiger partial charge is 0.235 e. The molecule has 1 aliphatic heterocycles. The van der Waals surface area contributed by atoms with Crippen LogP contribution in [0.1, 0.15) is 53.9 Å². The lowest BCUT2D eigenvalue weighted by molar-refractivity contribution is -0.142. The minimum absolute atomic E-state index is 0.0578. The van der Waals surface area contributed by atoms with Gasteiger partial charge in [-0.25, -0.2) is 0 Å². The van der Waals surface area contributed by atoms with Crippen molar-refractivity contribution in [1.29, 1.82) is 0 Å². The molecular weight excluding hydrogens is 366 g/mol. The third-order valence-corrected chi connectivity index (χ3v) is 6.88. The molecule has 1 saturated heterocycles. The van der Waals surface area contributed by atoms with E-state index in [1.54, 1.807) is 0 Å². The molecule has 5 atom stereocenters. The van der Waals surface area contributed by atoms with Crippen molar-refractivity contribution in [2.75, 3.05) is 0 Å². The zero-order valence-corrected chi connectivity index (χ0v) is 18.0. The largest absolute Gasteiger partial charge is 0.352 e. The molecule has 156 valence electrons. The first-order valence-electron chi connectivity index (χ1n) is 10.5. The van der Waals surface area contributed by atoms with E-state index in [9.17, 15) is 19.2 Å². The Bertz CT molecular complexity index is 847. The molecule has 1 heterocycles. The Morgan fingerprint density at radius 3 is 2.41 bits per heavy atom. The molecule has 5 heteroatoms. The van der Waals surface area contributed by atoms with Gasteiger partial charge in [-0.1, -0.05) is 44.1 Å². The van der Waals surface area contributed by atoms with Gasteiger partial charge in [-0.3, -0.25) is 19.2 Å². The van der Waals surface area contributed by atoms with Gasteiger partial charge in [0.1, 0.15) is 5.41 Å². The summed E-state index contributed by atoms with van der Waals surface area (Å²) in [5, 5.41) is 3.13. The van der Waals surface area contributed by atoms with E-state index < -0.39 is 17.0 Å². The average molecular weight is 398 g/mol. The minimum atomic E-state index is -1.27. The highest BCUT2D eigenvalue weighted by Gasteiger charge is 2.64. The molecule has 0 unspecified atom stereocenters. The van der Waals surface area contributed by atoms with Crippen LogP contribution >= 0.6 is 0 Å². The van der Waals surface area contributed by atoms with Gasteiger partial charge in [-0.15, -0.1) is 0 Å². The predicted molar refractivity (Wildman–Crippen MR) is 111 cm³/mol. The van der Waals surface area contributed by atoms with Gasteiger partial charge >= 0.3 is 0 Å². The fraction of sp³-hybridized carbons (Fsp3) is 0.583. The van der Waals surface area contributed by atoms with Crippen molar-refractivity contribution in [1.82, 2.24) is 5.32 Å². The van der Waals surface area contributed by atoms with Gasteiger partial charge in [0.2, 0.25) is 17.5 Å². The normalized spacial score (nSPS) is 38.4. The molecule has 0 aromatic rings. The third-order valence-electron chi connectivity index (χ3n) is 6.88. The molecule has 1 N–H and O–H groups in total. The topological polar surface area (TPSA) is 80.3 Å². The highest BCUT2D eigenvalue weighted by molar-refractivity contribution is 6.42. The maximum absolute atomic E-state index is 13.6. The Kier molecular flexibility index (Phi) is 5.79. The first kappa shape index (κ1) is 21.4. The number of allylic oxidation sites excluding steroid dienone is 6. The lowest BCUT2D eigenvalue weighted by Crippen LogP contribution is -2.51. The molecule has 1 spiro atoms. The highest BCUT2D eigenvalue weighted by atomic mass is 16.2. The zero-order valence-electron chi connectivity index (χ0n) is 18.0. The van der Waals surface area contributed by atoms with Crippen molar-refractivity contribution >= 4 is 23.3 Å². The number of hydrogen-bond donors (Lipinski definition) is 1. The molecule has 29 heavy (non-hydrogen) atoms.